The van der Waals surface area contributed by atoms with E-state index in [4.69, 9.17) is 14.2 Å². The monoisotopic (exact) mass is 447 g/mol. The highest BCUT2D eigenvalue weighted by molar-refractivity contribution is 14.1. The lowest BCUT2D eigenvalue weighted by atomic mass is 9.94. The van der Waals surface area contributed by atoms with Crippen LogP contribution in [-0.2, 0) is 15.1 Å². The van der Waals surface area contributed by atoms with Crippen LogP contribution in [0.3, 0.4) is 0 Å². The summed E-state index contributed by atoms with van der Waals surface area (Å²) in [4.78, 5) is 24.2. The molecular formula is C16H15FINO5. The number of benzene rings is 1. The largest absolute Gasteiger partial charge is 0.515 e. The van der Waals surface area contributed by atoms with E-state index in [0.29, 0.717) is 20.0 Å². The topological polar surface area (TPSA) is 66.8 Å². The predicted octanol–water partition coefficient (Wildman–Crippen LogP) is 4.54. The van der Waals surface area contributed by atoms with Crippen LogP contribution in [0, 0.1) is 9.39 Å². The Bertz CT molecular complexity index is 871. The zero-order valence-electron chi connectivity index (χ0n) is 13.5. The Labute approximate surface area is 151 Å². The van der Waals surface area contributed by atoms with E-state index in [0.717, 1.165) is 4.57 Å². The second-order valence-electron chi connectivity index (χ2n) is 6.20. The number of ether oxygens (including phenoxy) is 3. The molecule has 0 saturated carbocycles. The second-order valence-corrected chi connectivity index (χ2v) is 7.28. The maximum absolute atomic E-state index is 14.2. The van der Waals surface area contributed by atoms with Gasteiger partial charge in [0.1, 0.15) is 11.4 Å². The number of halogens is 2. The molecule has 1 aliphatic rings. The van der Waals surface area contributed by atoms with Gasteiger partial charge in [0.2, 0.25) is 5.88 Å². The Hall–Kier alpha value is -1.84. The van der Waals surface area contributed by atoms with Crippen molar-refractivity contribution in [3.05, 3.63) is 27.1 Å². The van der Waals surface area contributed by atoms with Crippen LogP contribution in [0.1, 0.15) is 33.3 Å². The Morgan fingerprint density at radius 1 is 1.38 bits per heavy atom. The van der Waals surface area contributed by atoms with Crippen LogP contribution >= 0.6 is 22.6 Å². The summed E-state index contributed by atoms with van der Waals surface area (Å²) in [6.45, 7) is 6.70. The highest BCUT2D eigenvalue weighted by atomic mass is 127. The Balaban J connectivity index is 2.23. The SMILES string of the molecule is CC(C)OC(=O)Oc1cc2c(I)c(F)cc3c2n1C(=O)OC3(C)C. The molecule has 0 bridgehead atoms. The molecule has 0 aliphatic carbocycles. The van der Waals surface area contributed by atoms with Gasteiger partial charge >= 0.3 is 12.2 Å². The summed E-state index contributed by atoms with van der Waals surface area (Å²) < 4.78 is 31.1. The first-order chi connectivity index (χ1) is 11.1. The predicted molar refractivity (Wildman–Crippen MR) is 91.8 cm³/mol. The average Bonchev–Trinajstić information content (AvgIpc) is 2.79. The normalized spacial score (nSPS) is 15.5. The van der Waals surface area contributed by atoms with Gasteiger partial charge in [0.25, 0.3) is 0 Å². The number of cyclic esters (lactones) is 1. The molecule has 0 unspecified atom stereocenters. The lowest BCUT2D eigenvalue weighted by molar-refractivity contribution is 0.0305. The van der Waals surface area contributed by atoms with Crippen LogP contribution in [-0.4, -0.2) is 22.9 Å². The molecule has 1 aliphatic heterocycles. The van der Waals surface area contributed by atoms with E-state index in [2.05, 4.69) is 0 Å². The third-order valence-corrected chi connectivity index (χ3v) is 4.73. The molecule has 2 heterocycles. The van der Waals surface area contributed by atoms with Gasteiger partial charge in [0.15, 0.2) is 0 Å². The highest BCUT2D eigenvalue weighted by Gasteiger charge is 2.38. The van der Waals surface area contributed by atoms with E-state index in [-0.39, 0.29) is 12.0 Å². The molecule has 0 spiro atoms. The van der Waals surface area contributed by atoms with E-state index < -0.39 is 23.7 Å². The first-order valence-electron chi connectivity index (χ1n) is 7.27. The molecule has 2 aromatic rings. The fourth-order valence-electron chi connectivity index (χ4n) is 2.64. The average molecular weight is 447 g/mol. The Morgan fingerprint density at radius 2 is 2.04 bits per heavy atom. The number of hydrogen-bond acceptors (Lipinski definition) is 5. The Kier molecular flexibility index (Phi) is 3.97. The van der Waals surface area contributed by atoms with Gasteiger partial charge in [-0.25, -0.2) is 18.5 Å². The third kappa shape index (κ3) is 2.62. The highest BCUT2D eigenvalue weighted by Crippen LogP contribution is 2.42. The standard InChI is InChI=1S/C16H15FINO5/c1-7(2)22-15(21)23-11-5-8-12(18)10(17)6-9-13(8)19(11)14(20)24-16(9,3)4/h5-7H,1-4H3. The van der Waals surface area contributed by atoms with Crippen molar-refractivity contribution < 1.29 is 28.2 Å². The lowest BCUT2D eigenvalue weighted by Crippen LogP contribution is -2.34. The van der Waals surface area contributed by atoms with Gasteiger partial charge in [-0.15, -0.1) is 0 Å². The molecule has 0 N–H and O–H groups in total. The molecular weight excluding hydrogens is 432 g/mol. The zero-order valence-corrected chi connectivity index (χ0v) is 15.6. The smallest absolute Gasteiger partial charge is 0.438 e. The van der Waals surface area contributed by atoms with Crippen LogP contribution in [0.5, 0.6) is 5.88 Å². The molecule has 24 heavy (non-hydrogen) atoms. The zero-order chi connectivity index (χ0) is 17.8. The van der Waals surface area contributed by atoms with Gasteiger partial charge in [-0.1, -0.05) is 0 Å². The van der Waals surface area contributed by atoms with Crippen LogP contribution < -0.4 is 4.74 Å². The maximum atomic E-state index is 14.2. The summed E-state index contributed by atoms with van der Waals surface area (Å²) in [5.74, 6) is -0.501. The quantitative estimate of drug-likeness (QED) is 0.500. The first kappa shape index (κ1) is 17.0. The maximum Gasteiger partial charge on any atom is 0.515 e. The van der Waals surface area contributed by atoms with Gasteiger partial charge < -0.3 is 14.2 Å². The van der Waals surface area contributed by atoms with E-state index in [1.165, 1.54) is 12.1 Å². The first-order valence-corrected chi connectivity index (χ1v) is 8.35. The molecule has 0 amide bonds. The van der Waals surface area contributed by atoms with Crippen molar-refractivity contribution in [3.63, 3.8) is 0 Å². The molecule has 8 heteroatoms. The minimum Gasteiger partial charge on any atom is -0.438 e. The van der Waals surface area contributed by atoms with E-state index in [9.17, 15) is 14.0 Å². The summed E-state index contributed by atoms with van der Waals surface area (Å²) in [6.07, 6.45) is -2.02. The van der Waals surface area contributed by atoms with E-state index >= 15 is 0 Å². The van der Waals surface area contributed by atoms with Crippen LogP contribution in [0.25, 0.3) is 10.9 Å². The summed E-state index contributed by atoms with van der Waals surface area (Å²) in [5.41, 5.74) is -0.0265. The van der Waals surface area contributed by atoms with Gasteiger partial charge in [0, 0.05) is 17.0 Å². The minimum atomic E-state index is -0.995. The van der Waals surface area contributed by atoms with Crippen molar-refractivity contribution >= 4 is 45.7 Å². The lowest BCUT2D eigenvalue weighted by Gasteiger charge is -2.31. The summed E-state index contributed by atoms with van der Waals surface area (Å²) in [7, 11) is 0. The number of rotatable bonds is 2. The van der Waals surface area contributed by atoms with Crippen LogP contribution in [0.2, 0.25) is 0 Å². The molecule has 0 saturated heterocycles. The molecule has 0 fully saturated rings. The second kappa shape index (κ2) is 5.61. The summed E-state index contributed by atoms with van der Waals surface area (Å²) in [5, 5.41) is 0.475. The number of carbonyl (C=O) groups is 2. The van der Waals surface area contributed by atoms with Gasteiger partial charge in [-0.3, -0.25) is 0 Å². The van der Waals surface area contributed by atoms with Crippen LogP contribution in [0.4, 0.5) is 14.0 Å². The molecule has 3 rings (SSSR count). The van der Waals surface area contributed by atoms with Crippen molar-refractivity contribution in [2.24, 2.45) is 0 Å². The van der Waals surface area contributed by atoms with Crippen molar-refractivity contribution in [2.45, 2.75) is 39.4 Å². The van der Waals surface area contributed by atoms with Gasteiger partial charge in [-0.2, -0.15) is 0 Å². The summed E-state index contributed by atoms with van der Waals surface area (Å²) >= 11 is 1.85. The molecule has 6 nitrogen and oxygen atoms in total. The van der Waals surface area contributed by atoms with E-state index in [1.807, 2.05) is 22.6 Å². The number of carbonyl (C=O) groups excluding carboxylic acids is 2. The fraction of sp³-hybridized carbons (Fsp3) is 0.375. The summed E-state index contributed by atoms with van der Waals surface area (Å²) in [6, 6.07) is 2.77. The van der Waals surface area contributed by atoms with Crippen molar-refractivity contribution in [3.8, 4) is 5.88 Å². The third-order valence-electron chi connectivity index (χ3n) is 3.63. The van der Waals surface area contributed by atoms with Gasteiger partial charge in [0.05, 0.1) is 15.2 Å². The fourth-order valence-corrected chi connectivity index (χ4v) is 3.21. The van der Waals surface area contributed by atoms with Crippen molar-refractivity contribution in [1.29, 1.82) is 0 Å². The van der Waals surface area contributed by atoms with Crippen molar-refractivity contribution in [2.75, 3.05) is 0 Å². The molecule has 0 atom stereocenters. The number of nitrogens with zero attached hydrogens (tertiary/aromatic N) is 1. The molecule has 1 aromatic carbocycles. The minimum absolute atomic E-state index is 0.0686. The number of hydrogen-bond donors (Lipinski definition) is 0. The number of aromatic nitrogens is 1. The van der Waals surface area contributed by atoms with Crippen LogP contribution in [0.15, 0.2) is 12.1 Å². The Morgan fingerprint density at radius 3 is 2.67 bits per heavy atom. The van der Waals surface area contributed by atoms with Gasteiger partial charge in [-0.05, 0) is 56.4 Å². The molecule has 128 valence electrons. The van der Waals surface area contributed by atoms with Crippen molar-refractivity contribution in [1.82, 2.24) is 4.57 Å². The molecule has 0 radical (unpaired) electrons. The molecule has 1 aromatic heterocycles. The van der Waals surface area contributed by atoms with E-state index in [1.54, 1.807) is 27.7 Å².